The second-order valence-electron chi connectivity index (χ2n) is 6.93. The molecule has 0 saturated carbocycles. The molecule has 1 aromatic carbocycles. The summed E-state index contributed by atoms with van der Waals surface area (Å²) in [6.07, 6.45) is 5.66. The Balaban J connectivity index is 1.48. The number of H-pyrrole nitrogens is 1. The lowest BCUT2D eigenvalue weighted by Gasteiger charge is -2.27. The number of fused-ring (bicyclic) bond motifs is 3. The van der Waals surface area contributed by atoms with Crippen molar-refractivity contribution in [1.29, 1.82) is 0 Å². The minimum absolute atomic E-state index is 0.651. The standard InChI is InChI=1S/C21H26N4O2/c1-3-27-16-4-5-19-17(10-16)18-14-25(8-6-20(18)24-19)13-15-11-22-21(23-12-15)7-9-26-2/h4-5,10-12,24H,3,6-9,13-14H2,1-2H3. The van der Waals surface area contributed by atoms with E-state index in [1.807, 2.05) is 25.4 Å². The van der Waals surface area contributed by atoms with Gasteiger partial charge in [-0.3, -0.25) is 4.90 Å². The number of ether oxygens (including phenoxy) is 2. The van der Waals surface area contributed by atoms with E-state index in [1.165, 1.54) is 22.2 Å². The molecule has 0 saturated heterocycles. The molecule has 0 aliphatic carbocycles. The summed E-state index contributed by atoms with van der Waals surface area (Å²) in [7, 11) is 1.70. The molecule has 27 heavy (non-hydrogen) atoms. The quantitative estimate of drug-likeness (QED) is 0.696. The maximum absolute atomic E-state index is 5.68. The monoisotopic (exact) mass is 366 g/mol. The van der Waals surface area contributed by atoms with E-state index in [0.717, 1.165) is 49.6 Å². The first kappa shape index (κ1) is 17.9. The zero-order chi connectivity index (χ0) is 18.6. The first-order valence-electron chi connectivity index (χ1n) is 9.54. The van der Waals surface area contributed by atoms with Crippen LogP contribution in [-0.4, -0.2) is 46.7 Å². The second kappa shape index (κ2) is 8.06. The van der Waals surface area contributed by atoms with Crippen LogP contribution in [0.1, 0.15) is 29.6 Å². The third-order valence-electron chi connectivity index (χ3n) is 5.03. The van der Waals surface area contributed by atoms with Gasteiger partial charge in [-0.2, -0.15) is 0 Å². The van der Waals surface area contributed by atoms with Crippen LogP contribution in [0.4, 0.5) is 0 Å². The van der Waals surface area contributed by atoms with Gasteiger partial charge >= 0.3 is 0 Å². The van der Waals surface area contributed by atoms with Crippen molar-refractivity contribution in [3.8, 4) is 5.75 Å². The molecular formula is C21H26N4O2. The fourth-order valence-electron chi connectivity index (χ4n) is 3.68. The summed E-state index contributed by atoms with van der Waals surface area (Å²) in [5, 5.41) is 1.27. The van der Waals surface area contributed by atoms with Crippen molar-refractivity contribution in [3.63, 3.8) is 0 Å². The Bertz CT molecular complexity index is 904. The number of nitrogens with zero attached hydrogens (tertiary/aromatic N) is 3. The number of nitrogens with one attached hydrogen (secondary N) is 1. The van der Waals surface area contributed by atoms with Gasteiger partial charge in [0.2, 0.25) is 0 Å². The zero-order valence-electron chi connectivity index (χ0n) is 16.0. The summed E-state index contributed by atoms with van der Waals surface area (Å²) in [6.45, 7) is 6.17. The largest absolute Gasteiger partial charge is 0.494 e. The van der Waals surface area contributed by atoms with Crippen molar-refractivity contribution < 1.29 is 9.47 Å². The number of rotatable bonds is 7. The van der Waals surface area contributed by atoms with E-state index in [2.05, 4.69) is 32.0 Å². The highest BCUT2D eigenvalue weighted by atomic mass is 16.5. The van der Waals surface area contributed by atoms with Crippen LogP contribution >= 0.6 is 0 Å². The average Bonchev–Trinajstić information content (AvgIpc) is 3.05. The second-order valence-corrected chi connectivity index (χ2v) is 6.93. The highest BCUT2D eigenvalue weighted by Crippen LogP contribution is 2.31. The van der Waals surface area contributed by atoms with Gasteiger partial charge in [-0.15, -0.1) is 0 Å². The van der Waals surface area contributed by atoms with Gasteiger partial charge in [-0.25, -0.2) is 9.97 Å². The summed E-state index contributed by atoms with van der Waals surface area (Å²) < 4.78 is 10.8. The molecule has 0 spiro atoms. The summed E-state index contributed by atoms with van der Waals surface area (Å²) in [5.74, 6) is 1.77. The Morgan fingerprint density at radius 2 is 2.07 bits per heavy atom. The first-order valence-corrected chi connectivity index (χ1v) is 9.54. The van der Waals surface area contributed by atoms with Crippen molar-refractivity contribution >= 4 is 10.9 Å². The molecule has 2 aromatic heterocycles. The van der Waals surface area contributed by atoms with Gasteiger partial charge in [0.25, 0.3) is 0 Å². The Hall–Kier alpha value is -2.44. The molecule has 0 radical (unpaired) electrons. The highest BCUT2D eigenvalue weighted by Gasteiger charge is 2.21. The van der Waals surface area contributed by atoms with E-state index in [-0.39, 0.29) is 0 Å². The van der Waals surface area contributed by atoms with E-state index >= 15 is 0 Å². The van der Waals surface area contributed by atoms with Crippen LogP contribution in [-0.2, 0) is 30.7 Å². The molecule has 0 fully saturated rings. The molecule has 6 heteroatoms. The van der Waals surface area contributed by atoms with Crippen molar-refractivity contribution in [2.45, 2.75) is 32.9 Å². The minimum atomic E-state index is 0.651. The molecule has 4 rings (SSSR count). The molecule has 6 nitrogen and oxygen atoms in total. The van der Waals surface area contributed by atoms with Gasteiger partial charge < -0.3 is 14.5 Å². The Morgan fingerprint density at radius 1 is 1.22 bits per heavy atom. The van der Waals surface area contributed by atoms with Crippen LogP contribution in [0.25, 0.3) is 10.9 Å². The van der Waals surface area contributed by atoms with Crippen LogP contribution in [0.5, 0.6) is 5.75 Å². The van der Waals surface area contributed by atoms with Gasteiger partial charge in [0.1, 0.15) is 11.6 Å². The smallest absolute Gasteiger partial charge is 0.130 e. The molecule has 0 atom stereocenters. The molecule has 0 amide bonds. The van der Waals surface area contributed by atoms with Crippen LogP contribution in [0.2, 0.25) is 0 Å². The van der Waals surface area contributed by atoms with E-state index < -0.39 is 0 Å². The molecule has 142 valence electrons. The lowest BCUT2D eigenvalue weighted by atomic mass is 10.0. The van der Waals surface area contributed by atoms with Crippen LogP contribution in [0, 0.1) is 0 Å². The molecule has 1 aliphatic rings. The van der Waals surface area contributed by atoms with Crippen molar-refractivity contribution in [2.24, 2.45) is 0 Å². The fourth-order valence-corrected chi connectivity index (χ4v) is 3.68. The predicted molar refractivity (Wildman–Crippen MR) is 105 cm³/mol. The lowest BCUT2D eigenvalue weighted by Crippen LogP contribution is -2.29. The number of benzene rings is 1. The van der Waals surface area contributed by atoms with Gasteiger partial charge in [-0.1, -0.05) is 0 Å². The summed E-state index contributed by atoms with van der Waals surface area (Å²) in [6, 6.07) is 6.31. The predicted octanol–water partition coefficient (Wildman–Crippen LogP) is 3.10. The lowest BCUT2D eigenvalue weighted by molar-refractivity contribution is 0.200. The van der Waals surface area contributed by atoms with E-state index in [9.17, 15) is 0 Å². The van der Waals surface area contributed by atoms with Crippen molar-refractivity contribution in [3.05, 3.63) is 53.2 Å². The van der Waals surface area contributed by atoms with Crippen molar-refractivity contribution in [2.75, 3.05) is 26.9 Å². The van der Waals surface area contributed by atoms with Crippen molar-refractivity contribution in [1.82, 2.24) is 19.9 Å². The maximum Gasteiger partial charge on any atom is 0.130 e. The number of aromatic amines is 1. The average molecular weight is 366 g/mol. The van der Waals surface area contributed by atoms with E-state index in [0.29, 0.717) is 13.2 Å². The normalized spacial score (nSPS) is 14.4. The summed E-state index contributed by atoms with van der Waals surface area (Å²) in [4.78, 5) is 14.9. The fraction of sp³-hybridized carbons (Fsp3) is 0.429. The molecule has 3 aromatic rings. The van der Waals surface area contributed by atoms with Crippen LogP contribution in [0.15, 0.2) is 30.6 Å². The third-order valence-corrected chi connectivity index (χ3v) is 5.03. The Morgan fingerprint density at radius 3 is 2.85 bits per heavy atom. The highest BCUT2D eigenvalue weighted by molar-refractivity contribution is 5.86. The molecule has 0 unspecified atom stereocenters. The Kier molecular flexibility index (Phi) is 5.36. The topological polar surface area (TPSA) is 63.3 Å². The molecule has 1 N–H and O–H groups in total. The number of hydrogen-bond donors (Lipinski definition) is 1. The first-order chi connectivity index (χ1) is 13.3. The SMILES string of the molecule is CCOc1ccc2[nH]c3c(c2c1)CN(Cc1cnc(CCOC)nc1)CC3. The van der Waals surface area contributed by atoms with Crippen LogP contribution in [0.3, 0.4) is 0 Å². The minimum Gasteiger partial charge on any atom is -0.494 e. The number of hydrogen-bond acceptors (Lipinski definition) is 5. The van der Waals surface area contributed by atoms with E-state index in [4.69, 9.17) is 9.47 Å². The van der Waals surface area contributed by atoms with Gasteiger partial charge in [0.15, 0.2) is 0 Å². The molecular weight excluding hydrogens is 340 g/mol. The summed E-state index contributed by atoms with van der Waals surface area (Å²) in [5.41, 5.74) is 5.07. The number of aromatic nitrogens is 3. The molecule has 1 aliphatic heterocycles. The summed E-state index contributed by atoms with van der Waals surface area (Å²) >= 11 is 0. The molecule has 3 heterocycles. The Labute approximate surface area is 159 Å². The van der Waals surface area contributed by atoms with Gasteiger partial charge in [0, 0.05) is 74.1 Å². The maximum atomic E-state index is 5.68. The van der Waals surface area contributed by atoms with Crippen LogP contribution < -0.4 is 4.74 Å². The number of methoxy groups -OCH3 is 1. The van der Waals surface area contributed by atoms with Gasteiger partial charge in [-0.05, 0) is 30.7 Å². The molecule has 0 bridgehead atoms. The zero-order valence-corrected chi connectivity index (χ0v) is 16.0. The van der Waals surface area contributed by atoms with E-state index in [1.54, 1.807) is 7.11 Å². The van der Waals surface area contributed by atoms with Gasteiger partial charge in [0.05, 0.1) is 13.2 Å². The third kappa shape index (κ3) is 3.96.